The van der Waals surface area contributed by atoms with Crippen molar-refractivity contribution in [2.75, 3.05) is 0 Å². The number of phenolic OH excluding ortho intramolecular Hbond substituents is 1. The molecule has 1 rings (SSSR count). The van der Waals surface area contributed by atoms with Gasteiger partial charge in [0, 0.05) is 12.1 Å². The lowest BCUT2D eigenvalue weighted by atomic mass is 10.1. The fraction of sp³-hybridized carbons (Fsp3) is 0.333. The van der Waals surface area contributed by atoms with Crippen molar-refractivity contribution in [1.29, 1.82) is 0 Å². The van der Waals surface area contributed by atoms with Crippen LogP contribution < -0.4 is 5.32 Å². The van der Waals surface area contributed by atoms with E-state index in [-0.39, 0.29) is 6.04 Å². The number of hydrogen-bond acceptors (Lipinski definition) is 2. The van der Waals surface area contributed by atoms with Crippen LogP contribution in [-0.2, 0) is 6.54 Å². The van der Waals surface area contributed by atoms with Gasteiger partial charge < -0.3 is 5.11 Å². The zero-order valence-electron chi connectivity index (χ0n) is 8.33. The second-order valence-electron chi connectivity index (χ2n) is 3.14. The molecule has 2 heteroatoms. The van der Waals surface area contributed by atoms with Crippen LogP contribution in [0.25, 0.3) is 0 Å². The summed E-state index contributed by atoms with van der Waals surface area (Å²) in [5.41, 5.74) is 0.876. The zero-order valence-corrected chi connectivity index (χ0v) is 8.33. The van der Waals surface area contributed by atoms with E-state index in [0.717, 1.165) is 12.0 Å². The molecule has 1 unspecified atom stereocenters. The van der Waals surface area contributed by atoms with Crippen molar-refractivity contribution in [2.24, 2.45) is 0 Å². The lowest BCUT2D eigenvalue weighted by molar-refractivity contribution is 0.462. The number of benzene rings is 1. The van der Waals surface area contributed by atoms with E-state index in [9.17, 15) is 5.11 Å². The Morgan fingerprint density at radius 2 is 2.21 bits per heavy atom. The van der Waals surface area contributed by atoms with Crippen molar-refractivity contribution < 1.29 is 5.11 Å². The van der Waals surface area contributed by atoms with Crippen molar-refractivity contribution in [2.45, 2.75) is 25.9 Å². The summed E-state index contributed by atoms with van der Waals surface area (Å²) in [6, 6.07) is 7.33. The van der Waals surface area contributed by atoms with E-state index >= 15 is 0 Å². The van der Waals surface area contributed by atoms with E-state index in [2.05, 4.69) is 11.2 Å². The van der Waals surface area contributed by atoms with Gasteiger partial charge in [0.15, 0.2) is 0 Å². The number of hydrogen-bond donors (Lipinski definition) is 2. The van der Waals surface area contributed by atoms with Crippen LogP contribution in [0.3, 0.4) is 0 Å². The van der Waals surface area contributed by atoms with E-state index in [1.807, 2.05) is 19.1 Å². The quantitative estimate of drug-likeness (QED) is 0.709. The lowest BCUT2D eigenvalue weighted by Gasteiger charge is -2.11. The summed E-state index contributed by atoms with van der Waals surface area (Å²) in [6.45, 7) is 2.64. The summed E-state index contributed by atoms with van der Waals surface area (Å²) in [5.74, 6) is 2.96. The largest absolute Gasteiger partial charge is 0.508 e. The molecule has 0 fully saturated rings. The van der Waals surface area contributed by atoms with Gasteiger partial charge in [-0.05, 0) is 12.5 Å². The van der Waals surface area contributed by atoms with Gasteiger partial charge in [-0.1, -0.05) is 31.0 Å². The Bertz CT molecular complexity index is 327. The van der Waals surface area contributed by atoms with Gasteiger partial charge in [0.2, 0.25) is 0 Å². The van der Waals surface area contributed by atoms with Gasteiger partial charge in [0.25, 0.3) is 0 Å². The fourth-order valence-corrected chi connectivity index (χ4v) is 1.21. The first-order valence-electron chi connectivity index (χ1n) is 4.74. The van der Waals surface area contributed by atoms with Gasteiger partial charge in [-0.3, -0.25) is 5.32 Å². The maximum atomic E-state index is 9.48. The molecule has 0 saturated carbocycles. The minimum Gasteiger partial charge on any atom is -0.508 e. The topological polar surface area (TPSA) is 32.3 Å². The highest BCUT2D eigenvalue weighted by molar-refractivity contribution is 5.31. The van der Waals surface area contributed by atoms with Crippen LogP contribution in [0.1, 0.15) is 18.9 Å². The third kappa shape index (κ3) is 2.79. The van der Waals surface area contributed by atoms with Crippen LogP contribution in [0.5, 0.6) is 5.75 Å². The van der Waals surface area contributed by atoms with E-state index in [1.54, 1.807) is 12.1 Å². The molecular formula is C12H15NO. The van der Waals surface area contributed by atoms with Crippen LogP contribution in [0.2, 0.25) is 0 Å². The van der Waals surface area contributed by atoms with E-state index in [1.165, 1.54) is 0 Å². The van der Waals surface area contributed by atoms with Crippen molar-refractivity contribution in [1.82, 2.24) is 5.32 Å². The molecule has 0 aliphatic heterocycles. The predicted octanol–water partition coefficient (Wildman–Crippen LogP) is 1.89. The maximum absolute atomic E-state index is 9.48. The summed E-state index contributed by atoms with van der Waals surface area (Å²) in [4.78, 5) is 0. The normalized spacial score (nSPS) is 12.0. The Kier molecular flexibility index (Phi) is 4.03. The molecule has 2 N–H and O–H groups in total. The van der Waals surface area contributed by atoms with Gasteiger partial charge in [-0.2, -0.15) is 0 Å². The van der Waals surface area contributed by atoms with Gasteiger partial charge in [-0.25, -0.2) is 0 Å². The molecular weight excluding hydrogens is 174 g/mol. The summed E-state index contributed by atoms with van der Waals surface area (Å²) in [5, 5.41) is 12.7. The molecule has 0 saturated heterocycles. The lowest BCUT2D eigenvalue weighted by Crippen LogP contribution is -2.26. The highest BCUT2D eigenvalue weighted by Crippen LogP contribution is 2.15. The Labute approximate surface area is 85.0 Å². The fourth-order valence-electron chi connectivity index (χ4n) is 1.21. The van der Waals surface area contributed by atoms with Crippen LogP contribution in [0, 0.1) is 12.3 Å². The van der Waals surface area contributed by atoms with Crippen LogP contribution in [0.4, 0.5) is 0 Å². The molecule has 0 amide bonds. The maximum Gasteiger partial charge on any atom is 0.120 e. The molecule has 2 nitrogen and oxygen atoms in total. The molecule has 0 bridgehead atoms. The first kappa shape index (κ1) is 10.6. The van der Waals surface area contributed by atoms with E-state index in [4.69, 9.17) is 6.42 Å². The minimum absolute atomic E-state index is 0.0783. The van der Waals surface area contributed by atoms with Gasteiger partial charge in [0.1, 0.15) is 5.75 Å². The second kappa shape index (κ2) is 5.31. The molecule has 1 aromatic carbocycles. The Morgan fingerprint density at radius 1 is 1.50 bits per heavy atom. The van der Waals surface area contributed by atoms with Crippen LogP contribution >= 0.6 is 0 Å². The van der Waals surface area contributed by atoms with Gasteiger partial charge in [-0.15, -0.1) is 6.42 Å². The molecule has 0 aromatic heterocycles. The number of para-hydroxylation sites is 1. The van der Waals surface area contributed by atoms with Crippen molar-refractivity contribution in [3.8, 4) is 18.1 Å². The minimum atomic E-state index is 0.0783. The zero-order chi connectivity index (χ0) is 10.4. The van der Waals surface area contributed by atoms with Gasteiger partial charge >= 0.3 is 0 Å². The SMILES string of the molecule is C#CC(CC)NCc1ccccc1O. The number of nitrogens with one attached hydrogen (secondary N) is 1. The van der Waals surface area contributed by atoms with Crippen molar-refractivity contribution in [3.05, 3.63) is 29.8 Å². The second-order valence-corrected chi connectivity index (χ2v) is 3.14. The molecule has 0 aliphatic rings. The number of terminal acetylenes is 1. The molecule has 0 spiro atoms. The molecule has 0 radical (unpaired) electrons. The Morgan fingerprint density at radius 3 is 2.79 bits per heavy atom. The average molecular weight is 189 g/mol. The molecule has 0 aliphatic carbocycles. The summed E-state index contributed by atoms with van der Waals surface area (Å²) >= 11 is 0. The molecule has 1 atom stereocenters. The van der Waals surface area contributed by atoms with E-state index in [0.29, 0.717) is 12.3 Å². The molecule has 14 heavy (non-hydrogen) atoms. The number of phenols is 1. The third-order valence-electron chi connectivity index (χ3n) is 2.14. The van der Waals surface area contributed by atoms with Crippen molar-refractivity contribution in [3.63, 3.8) is 0 Å². The first-order chi connectivity index (χ1) is 6.77. The third-order valence-corrected chi connectivity index (χ3v) is 2.14. The molecule has 1 aromatic rings. The van der Waals surface area contributed by atoms with Crippen LogP contribution in [0.15, 0.2) is 24.3 Å². The summed E-state index contributed by atoms with van der Waals surface area (Å²) in [6.07, 6.45) is 6.20. The molecule has 0 heterocycles. The number of rotatable bonds is 4. The molecule has 74 valence electrons. The van der Waals surface area contributed by atoms with Crippen LogP contribution in [-0.4, -0.2) is 11.1 Å². The monoisotopic (exact) mass is 189 g/mol. The predicted molar refractivity (Wildman–Crippen MR) is 57.9 cm³/mol. The highest BCUT2D eigenvalue weighted by atomic mass is 16.3. The number of aromatic hydroxyl groups is 1. The highest BCUT2D eigenvalue weighted by Gasteiger charge is 2.03. The summed E-state index contributed by atoms with van der Waals surface area (Å²) in [7, 11) is 0. The van der Waals surface area contributed by atoms with Gasteiger partial charge in [0.05, 0.1) is 6.04 Å². The standard InChI is InChI=1S/C12H15NO/c1-3-11(4-2)13-9-10-7-5-6-8-12(10)14/h1,5-8,11,13-14H,4,9H2,2H3. The average Bonchev–Trinajstić information content (AvgIpc) is 2.22. The van der Waals surface area contributed by atoms with E-state index < -0.39 is 0 Å². The Balaban J connectivity index is 2.54. The summed E-state index contributed by atoms with van der Waals surface area (Å²) < 4.78 is 0. The Hall–Kier alpha value is -1.46. The van der Waals surface area contributed by atoms with Crippen molar-refractivity contribution >= 4 is 0 Å². The first-order valence-corrected chi connectivity index (χ1v) is 4.74. The smallest absolute Gasteiger partial charge is 0.120 e.